The van der Waals surface area contributed by atoms with Gasteiger partial charge in [-0.25, -0.2) is 0 Å². The van der Waals surface area contributed by atoms with Crippen LogP contribution in [0, 0.1) is 0 Å². The number of benzene rings is 9. The molecular weight excluding hydrogens is 607 g/mol. The highest BCUT2D eigenvalue weighted by Crippen LogP contribution is 2.47. The van der Waals surface area contributed by atoms with Crippen LogP contribution >= 0.6 is 0 Å². The van der Waals surface area contributed by atoms with E-state index in [0.29, 0.717) is 0 Å². The van der Waals surface area contributed by atoms with Crippen molar-refractivity contribution in [1.29, 1.82) is 0 Å². The monoisotopic (exact) mass is 637 g/mol. The van der Waals surface area contributed by atoms with Gasteiger partial charge in [0, 0.05) is 16.8 Å². The van der Waals surface area contributed by atoms with Crippen molar-refractivity contribution >= 4 is 71.3 Å². The van der Waals surface area contributed by atoms with Gasteiger partial charge in [-0.05, 0) is 97.0 Å². The van der Waals surface area contributed by atoms with Crippen molar-refractivity contribution in [2.45, 2.75) is 0 Å². The standard InChI is InChI=1S/C48H31NO/c1-3-12-32(13-4-1)40-28-27-38(31-42(40)33-14-5-2-6-15-33)49(37-26-24-36-23-22-34-16-7-9-18-39(34)43(36)30-37)44-20-11-21-45-48(44)47-41-19-10-8-17-35(41)25-29-46(47)50-45/h1-31H. The Balaban J connectivity index is 1.30. The summed E-state index contributed by atoms with van der Waals surface area (Å²) in [7, 11) is 0. The van der Waals surface area contributed by atoms with Gasteiger partial charge in [0.05, 0.1) is 11.1 Å². The quantitative estimate of drug-likeness (QED) is 0.175. The number of fused-ring (bicyclic) bond motifs is 8. The molecule has 0 spiro atoms. The van der Waals surface area contributed by atoms with Gasteiger partial charge < -0.3 is 9.32 Å². The van der Waals surface area contributed by atoms with E-state index in [-0.39, 0.29) is 0 Å². The van der Waals surface area contributed by atoms with E-state index in [1.807, 2.05) is 0 Å². The number of nitrogens with zero attached hydrogens (tertiary/aromatic N) is 1. The molecule has 0 atom stereocenters. The molecule has 0 aliphatic heterocycles. The van der Waals surface area contributed by atoms with Crippen LogP contribution in [-0.2, 0) is 0 Å². The molecule has 2 heteroatoms. The molecular formula is C48H31NO. The van der Waals surface area contributed by atoms with Gasteiger partial charge in [0.25, 0.3) is 0 Å². The van der Waals surface area contributed by atoms with E-state index in [9.17, 15) is 0 Å². The molecule has 0 bridgehead atoms. The van der Waals surface area contributed by atoms with E-state index in [0.717, 1.165) is 39.0 Å². The minimum atomic E-state index is 0.870. The Morgan fingerprint density at radius 2 is 0.900 bits per heavy atom. The molecule has 2 nitrogen and oxygen atoms in total. The van der Waals surface area contributed by atoms with Gasteiger partial charge in [-0.3, -0.25) is 0 Å². The number of hydrogen-bond donors (Lipinski definition) is 0. The van der Waals surface area contributed by atoms with Crippen LogP contribution in [0.3, 0.4) is 0 Å². The second-order valence-electron chi connectivity index (χ2n) is 12.9. The van der Waals surface area contributed by atoms with Crippen molar-refractivity contribution in [2.75, 3.05) is 4.90 Å². The average molecular weight is 638 g/mol. The van der Waals surface area contributed by atoms with Crippen LogP contribution in [0.5, 0.6) is 0 Å². The molecule has 0 saturated heterocycles. The Hall–Kier alpha value is -6.64. The number of rotatable bonds is 5. The lowest BCUT2D eigenvalue weighted by atomic mass is 9.93. The van der Waals surface area contributed by atoms with Crippen LogP contribution in [0.15, 0.2) is 192 Å². The zero-order valence-corrected chi connectivity index (χ0v) is 27.3. The van der Waals surface area contributed by atoms with Gasteiger partial charge in [-0.1, -0.05) is 146 Å². The van der Waals surface area contributed by atoms with E-state index in [4.69, 9.17) is 4.42 Å². The number of anilines is 3. The summed E-state index contributed by atoms with van der Waals surface area (Å²) in [5.41, 5.74) is 9.74. The zero-order valence-electron chi connectivity index (χ0n) is 27.3. The summed E-state index contributed by atoms with van der Waals surface area (Å²) < 4.78 is 6.59. The molecule has 50 heavy (non-hydrogen) atoms. The second kappa shape index (κ2) is 11.5. The minimum absolute atomic E-state index is 0.870. The number of hydrogen-bond acceptors (Lipinski definition) is 2. The van der Waals surface area contributed by atoms with Crippen LogP contribution in [0.2, 0.25) is 0 Å². The van der Waals surface area contributed by atoms with Crippen molar-refractivity contribution in [3.8, 4) is 22.3 Å². The lowest BCUT2D eigenvalue weighted by Crippen LogP contribution is -2.11. The largest absolute Gasteiger partial charge is 0.456 e. The molecule has 1 aromatic heterocycles. The molecule has 0 radical (unpaired) electrons. The summed E-state index contributed by atoms with van der Waals surface area (Å²) in [5, 5.41) is 9.54. The second-order valence-corrected chi connectivity index (χ2v) is 12.9. The summed E-state index contributed by atoms with van der Waals surface area (Å²) >= 11 is 0. The third-order valence-electron chi connectivity index (χ3n) is 10.0. The summed E-state index contributed by atoms with van der Waals surface area (Å²) in [6, 6.07) is 67.5. The molecule has 1 heterocycles. The maximum Gasteiger partial charge on any atom is 0.137 e. The Kier molecular flexibility index (Phi) is 6.53. The van der Waals surface area contributed by atoms with Crippen LogP contribution in [-0.4, -0.2) is 0 Å². The summed E-state index contributed by atoms with van der Waals surface area (Å²) in [6.45, 7) is 0. The van der Waals surface area contributed by atoms with Crippen LogP contribution < -0.4 is 4.90 Å². The molecule has 0 N–H and O–H groups in total. The van der Waals surface area contributed by atoms with Crippen LogP contribution in [0.4, 0.5) is 17.1 Å². The van der Waals surface area contributed by atoms with Gasteiger partial charge in [-0.15, -0.1) is 0 Å². The topological polar surface area (TPSA) is 16.4 Å². The fourth-order valence-corrected chi connectivity index (χ4v) is 7.71. The van der Waals surface area contributed by atoms with Crippen molar-refractivity contribution in [3.63, 3.8) is 0 Å². The summed E-state index contributed by atoms with van der Waals surface area (Å²) in [5.74, 6) is 0. The summed E-state index contributed by atoms with van der Waals surface area (Å²) in [6.07, 6.45) is 0. The van der Waals surface area contributed by atoms with Crippen molar-refractivity contribution in [2.24, 2.45) is 0 Å². The summed E-state index contributed by atoms with van der Waals surface area (Å²) in [4.78, 5) is 2.42. The van der Waals surface area contributed by atoms with Gasteiger partial charge in [0.15, 0.2) is 0 Å². The highest BCUT2D eigenvalue weighted by Gasteiger charge is 2.22. The Bertz CT molecular complexity index is 2870. The lowest BCUT2D eigenvalue weighted by Gasteiger charge is -2.28. The predicted octanol–water partition coefficient (Wildman–Crippen LogP) is 13.8. The smallest absolute Gasteiger partial charge is 0.137 e. The van der Waals surface area contributed by atoms with E-state index >= 15 is 0 Å². The van der Waals surface area contributed by atoms with Gasteiger partial charge >= 0.3 is 0 Å². The first kappa shape index (κ1) is 28.4. The van der Waals surface area contributed by atoms with Gasteiger partial charge in [0.2, 0.25) is 0 Å². The third kappa shape index (κ3) is 4.57. The van der Waals surface area contributed by atoms with Crippen LogP contribution in [0.1, 0.15) is 0 Å². The predicted molar refractivity (Wildman–Crippen MR) is 212 cm³/mol. The molecule has 0 aliphatic carbocycles. The maximum absolute atomic E-state index is 6.59. The molecule has 0 amide bonds. The Labute approximate surface area is 290 Å². The number of furan rings is 1. The minimum Gasteiger partial charge on any atom is -0.456 e. The molecule has 0 unspecified atom stereocenters. The van der Waals surface area contributed by atoms with E-state index in [1.54, 1.807) is 0 Å². The molecule has 0 saturated carbocycles. The highest BCUT2D eigenvalue weighted by atomic mass is 16.3. The maximum atomic E-state index is 6.59. The fraction of sp³-hybridized carbons (Fsp3) is 0. The molecule has 9 aromatic carbocycles. The van der Waals surface area contributed by atoms with Crippen molar-refractivity contribution < 1.29 is 4.42 Å². The molecule has 234 valence electrons. The average Bonchev–Trinajstić information content (AvgIpc) is 3.59. The first-order valence-electron chi connectivity index (χ1n) is 17.1. The fourth-order valence-electron chi connectivity index (χ4n) is 7.71. The van der Waals surface area contributed by atoms with E-state index < -0.39 is 0 Å². The third-order valence-corrected chi connectivity index (χ3v) is 10.0. The lowest BCUT2D eigenvalue weighted by molar-refractivity contribution is 0.669. The molecule has 0 fully saturated rings. The van der Waals surface area contributed by atoms with Crippen molar-refractivity contribution in [3.05, 3.63) is 188 Å². The van der Waals surface area contributed by atoms with E-state index in [1.165, 1.54) is 54.6 Å². The first-order valence-corrected chi connectivity index (χ1v) is 17.1. The zero-order chi connectivity index (χ0) is 33.0. The molecule has 10 rings (SSSR count). The highest BCUT2D eigenvalue weighted by molar-refractivity contribution is 6.23. The van der Waals surface area contributed by atoms with Gasteiger partial charge in [-0.2, -0.15) is 0 Å². The SMILES string of the molecule is c1ccc(-c2ccc(N(c3ccc4ccc5ccccc5c4c3)c3cccc4oc5ccc6ccccc6c5c34)cc2-c2ccccc2)cc1. The Morgan fingerprint density at radius 1 is 0.340 bits per heavy atom. The molecule has 0 aliphatic rings. The first-order chi connectivity index (χ1) is 24.8. The van der Waals surface area contributed by atoms with Crippen molar-refractivity contribution in [1.82, 2.24) is 0 Å². The van der Waals surface area contributed by atoms with Gasteiger partial charge in [0.1, 0.15) is 11.2 Å². The van der Waals surface area contributed by atoms with Crippen LogP contribution in [0.25, 0.3) is 76.5 Å². The molecule has 10 aromatic rings. The van der Waals surface area contributed by atoms with E-state index in [2.05, 4.69) is 193 Å². The Morgan fingerprint density at radius 3 is 1.68 bits per heavy atom. The normalized spacial score (nSPS) is 11.6.